The van der Waals surface area contributed by atoms with Crippen LogP contribution in [0.5, 0.6) is 0 Å². The number of nitrogens with one attached hydrogen (secondary N) is 2. The van der Waals surface area contributed by atoms with Gasteiger partial charge in [0.05, 0.1) is 11.3 Å². The van der Waals surface area contributed by atoms with Crippen LogP contribution >= 0.6 is 0 Å². The van der Waals surface area contributed by atoms with Crippen molar-refractivity contribution in [1.29, 1.82) is 0 Å². The van der Waals surface area contributed by atoms with Gasteiger partial charge in [-0.3, -0.25) is 0 Å². The average Bonchev–Trinajstić information content (AvgIpc) is 3.72. The highest BCUT2D eigenvalue weighted by molar-refractivity contribution is 5.95. The maximum Gasteiger partial charge on any atom is 0.337 e. The largest absolute Gasteiger partial charge is 0.478 e. The summed E-state index contributed by atoms with van der Waals surface area (Å²) in [5.41, 5.74) is 7.01. The van der Waals surface area contributed by atoms with Crippen LogP contribution in [0.4, 0.5) is 31.5 Å². The zero-order valence-electron chi connectivity index (χ0n) is 23.5. The van der Waals surface area contributed by atoms with Gasteiger partial charge in [0.1, 0.15) is 11.6 Å². The Labute approximate surface area is 245 Å². The minimum absolute atomic E-state index is 0.204. The number of carboxylic acid groups (broad SMARTS) is 1. The van der Waals surface area contributed by atoms with E-state index in [1.165, 1.54) is 48.2 Å². The first-order valence-electron chi connectivity index (χ1n) is 14.2. The molecule has 4 aromatic rings. The lowest BCUT2D eigenvalue weighted by Gasteiger charge is -2.14. The second-order valence-electron chi connectivity index (χ2n) is 10.7. The molecule has 42 heavy (non-hydrogen) atoms. The van der Waals surface area contributed by atoms with Crippen LogP contribution in [0.25, 0.3) is 0 Å². The molecule has 0 heterocycles. The fourth-order valence-corrected chi connectivity index (χ4v) is 5.29. The van der Waals surface area contributed by atoms with Crippen LogP contribution in [-0.4, -0.2) is 11.1 Å². The summed E-state index contributed by atoms with van der Waals surface area (Å²) in [6.45, 7) is 2.08. The highest BCUT2D eigenvalue weighted by Crippen LogP contribution is 2.33. The van der Waals surface area contributed by atoms with Gasteiger partial charge < -0.3 is 15.7 Å². The van der Waals surface area contributed by atoms with E-state index in [4.69, 9.17) is 0 Å². The van der Waals surface area contributed by atoms with Gasteiger partial charge in [0.25, 0.3) is 0 Å². The number of carboxylic acids is 1. The van der Waals surface area contributed by atoms with Crippen LogP contribution in [0.1, 0.15) is 64.6 Å². The molecule has 2 atom stereocenters. The van der Waals surface area contributed by atoms with Crippen LogP contribution in [0.2, 0.25) is 0 Å². The number of allylic oxidation sites excluding steroid dienone is 4. The summed E-state index contributed by atoms with van der Waals surface area (Å²) in [5.74, 6) is -0.662. The van der Waals surface area contributed by atoms with Crippen molar-refractivity contribution in [3.8, 4) is 0 Å². The van der Waals surface area contributed by atoms with Crippen molar-refractivity contribution in [3.63, 3.8) is 0 Å². The topological polar surface area (TPSA) is 61.4 Å². The summed E-state index contributed by atoms with van der Waals surface area (Å²) in [5, 5.41) is 15.8. The lowest BCUT2D eigenvalue weighted by Crippen LogP contribution is -2.04. The Kier molecular flexibility index (Phi) is 9.12. The summed E-state index contributed by atoms with van der Waals surface area (Å²) in [6, 6.07) is 24.2. The normalized spacial score (nSPS) is 17.0. The lowest BCUT2D eigenvalue weighted by atomic mass is 9.96. The molecule has 6 heteroatoms. The molecule has 2 aliphatic rings. The summed E-state index contributed by atoms with van der Waals surface area (Å²) in [6.07, 6.45) is 13.3. The van der Waals surface area contributed by atoms with Crippen LogP contribution in [0.3, 0.4) is 0 Å². The van der Waals surface area contributed by atoms with Crippen molar-refractivity contribution in [1.82, 2.24) is 0 Å². The van der Waals surface area contributed by atoms with E-state index in [-0.39, 0.29) is 17.2 Å². The third-order valence-electron chi connectivity index (χ3n) is 7.66. The summed E-state index contributed by atoms with van der Waals surface area (Å²) in [7, 11) is 0. The number of rotatable bonds is 7. The molecule has 0 spiro atoms. The molecule has 4 aromatic carbocycles. The maximum atomic E-state index is 13.0. The van der Waals surface area contributed by atoms with Gasteiger partial charge in [-0.15, -0.1) is 0 Å². The van der Waals surface area contributed by atoms with E-state index in [0.29, 0.717) is 23.2 Å². The number of benzene rings is 4. The van der Waals surface area contributed by atoms with Crippen LogP contribution in [0, 0.1) is 18.6 Å². The maximum absolute atomic E-state index is 13.0. The van der Waals surface area contributed by atoms with Crippen molar-refractivity contribution < 1.29 is 18.7 Å². The van der Waals surface area contributed by atoms with Crippen molar-refractivity contribution in [3.05, 3.63) is 143 Å². The first-order chi connectivity index (χ1) is 20.4. The summed E-state index contributed by atoms with van der Waals surface area (Å²) < 4.78 is 25.9. The SMILES string of the molecule is Cc1ccc(C2C=CCC2)cc1Nc1ccc(F)cc1.O=C(O)c1ccc(C2C=CCC2)cc1Nc1ccc(F)cc1. The Bertz CT molecular complexity index is 1590. The molecule has 0 saturated heterocycles. The number of carbonyl (C=O) groups is 1. The zero-order valence-corrected chi connectivity index (χ0v) is 23.5. The summed E-state index contributed by atoms with van der Waals surface area (Å²) >= 11 is 0. The van der Waals surface area contributed by atoms with Gasteiger partial charge in [0.15, 0.2) is 0 Å². The fraction of sp³-hybridized carbons (Fsp3) is 0.194. The molecular formula is C36H34F2N2O2. The number of hydrogen-bond donors (Lipinski definition) is 3. The van der Waals surface area contributed by atoms with E-state index in [0.717, 1.165) is 29.8 Å². The third-order valence-corrected chi connectivity index (χ3v) is 7.66. The van der Waals surface area contributed by atoms with E-state index in [9.17, 15) is 18.7 Å². The molecule has 0 aromatic heterocycles. The van der Waals surface area contributed by atoms with Gasteiger partial charge in [0.2, 0.25) is 0 Å². The lowest BCUT2D eigenvalue weighted by molar-refractivity contribution is 0.0698. The van der Waals surface area contributed by atoms with E-state index >= 15 is 0 Å². The Hall–Kier alpha value is -4.71. The smallest absolute Gasteiger partial charge is 0.337 e. The highest BCUT2D eigenvalue weighted by atomic mass is 19.1. The second kappa shape index (κ2) is 13.3. The number of halogens is 2. The molecule has 0 fully saturated rings. The number of aromatic carboxylic acids is 1. The highest BCUT2D eigenvalue weighted by Gasteiger charge is 2.17. The standard InChI is InChI=1S/C18H16FNO2.C18H18FN/c19-14-6-8-15(9-7-14)20-17-11-13(12-3-1-2-4-12)5-10-16(17)18(21)22;1-13-6-7-15(14-4-2-3-5-14)12-18(13)20-17-10-8-16(19)9-11-17/h1,3,5-12,20H,2,4H2,(H,21,22);2,4,6-12,14,20H,3,5H2,1H3. The van der Waals surface area contributed by atoms with Crippen molar-refractivity contribution >= 4 is 28.7 Å². The van der Waals surface area contributed by atoms with E-state index in [2.05, 4.69) is 60.1 Å². The predicted octanol–water partition coefficient (Wildman–Crippen LogP) is 10.0. The molecule has 0 aliphatic heterocycles. The van der Waals surface area contributed by atoms with Crippen molar-refractivity contribution in [2.24, 2.45) is 0 Å². The van der Waals surface area contributed by atoms with Crippen LogP contribution < -0.4 is 10.6 Å². The van der Waals surface area contributed by atoms with Crippen molar-refractivity contribution in [2.45, 2.75) is 44.4 Å². The van der Waals surface area contributed by atoms with Gasteiger partial charge in [-0.05, 0) is 116 Å². The molecule has 0 radical (unpaired) electrons. The van der Waals surface area contributed by atoms with Crippen LogP contribution in [-0.2, 0) is 0 Å². The third kappa shape index (κ3) is 7.32. The molecule has 6 rings (SSSR count). The average molecular weight is 565 g/mol. The fourth-order valence-electron chi connectivity index (χ4n) is 5.29. The van der Waals surface area contributed by atoms with Gasteiger partial charge in [-0.1, -0.05) is 42.5 Å². The van der Waals surface area contributed by atoms with E-state index in [1.807, 2.05) is 12.1 Å². The molecule has 0 saturated carbocycles. The minimum atomic E-state index is -0.988. The molecule has 3 N–H and O–H groups in total. The van der Waals surface area contributed by atoms with Gasteiger partial charge in [-0.25, -0.2) is 13.6 Å². The van der Waals surface area contributed by atoms with Gasteiger partial charge in [0, 0.05) is 28.9 Å². The second-order valence-corrected chi connectivity index (χ2v) is 10.7. The van der Waals surface area contributed by atoms with Crippen LogP contribution in [0.15, 0.2) is 109 Å². The first kappa shape index (κ1) is 28.8. The molecule has 2 aliphatic carbocycles. The number of hydrogen-bond acceptors (Lipinski definition) is 3. The molecule has 4 nitrogen and oxygen atoms in total. The number of aryl methyl sites for hydroxylation is 1. The van der Waals surface area contributed by atoms with Gasteiger partial charge in [-0.2, -0.15) is 0 Å². The van der Waals surface area contributed by atoms with Crippen molar-refractivity contribution in [2.75, 3.05) is 10.6 Å². The predicted molar refractivity (Wildman–Crippen MR) is 166 cm³/mol. The Balaban J connectivity index is 0.000000169. The Morgan fingerprint density at radius 3 is 1.64 bits per heavy atom. The van der Waals surface area contributed by atoms with Gasteiger partial charge >= 0.3 is 5.97 Å². The quantitative estimate of drug-likeness (QED) is 0.196. The van der Waals surface area contributed by atoms with E-state index in [1.54, 1.807) is 30.3 Å². The molecule has 0 amide bonds. The Morgan fingerprint density at radius 1 is 0.690 bits per heavy atom. The van der Waals surface area contributed by atoms with E-state index < -0.39 is 5.97 Å². The number of anilines is 4. The molecular weight excluding hydrogens is 530 g/mol. The molecule has 0 bridgehead atoms. The zero-order chi connectivity index (χ0) is 29.5. The summed E-state index contributed by atoms with van der Waals surface area (Å²) in [4.78, 5) is 11.4. The molecule has 214 valence electrons. The first-order valence-corrected chi connectivity index (χ1v) is 14.2. The Morgan fingerprint density at radius 2 is 1.17 bits per heavy atom. The monoisotopic (exact) mass is 564 g/mol. The minimum Gasteiger partial charge on any atom is -0.478 e. The molecule has 2 unspecified atom stereocenters.